The molecule has 18 heavy (non-hydrogen) atoms. The molecule has 1 aliphatic rings. The first-order valence-electron chi connectivity index (χ1n) is 7.55. The van der Waals surface area contributed by atoms with Crippen molar-refractivity contribution in [1.82, 2.24) is 10.2 Å². The number of nitrogens with zero attached hydrogens (tertiary/aromatic N) is 1. The van der Waals surface area contributed by atoms with Gasteiger partial charge in [0, 0.05) is 29.6 Å². The van der Waals surface area contributed by atoms with Crippen molar-refractivity contribution in [3.63, 3.8) is 0 Å². The molecule has 0 spiro atoms. The van der Waals surface area contributed by atoms with Gasteiger partial charge in [0.25, 0.3) is 0 Å². The van der Waals surface area contributed by atoms with Crippen LogP contribution in [0.5, 0.6) is 0 Å². The van der Waals surface area contributed by atoms with Gasteiger partial charge in [-0.15, -0.1) is 0 Å². The van der Waals surface area contributed by atoms with Gasteiger partial charge in [-0.05, 0) is 31.8 Å². The van der Waals surface area contributed by atoms with E-state index < -0.39 is 0 Å². The fraction of sp³-hybridized carbons (Fsp3) is 1.00. The second-order valence-corrected chi connectivity index (χ2v) is 8.21. The quantitative estimate of drug-likeness (QED) is 0.747. The summed E-state index contributed by atoms with van der Waals surface area (Å²) in [6, 6.07) is 0.700. The van der Waals surface area contributed by atoms with Crippen LogP contribution in [0.3, 0.4) is 0 Å². The lowest BCUT2D eigenvalue weighted by molar-refractivity contribution is 0.158. The summed E-state index contributed by atoms with van der Waals surface area (Å²) < 4.78 is 0.465. The largest absolute Gasteiger partial charge is 0.315 e. The number of hydrogen-bond donors (Lipinski definition) is 1. The van der Waals surface area contributed by atoms with E-state index in [0.717, 1.165) is 19.0 Å². The Balaban J connectivity index is 2.51. The Hall–Kier alpha value is 0.270. The lowest BCUT2D eigenvalue weighted by atomic mass is 10.0. The minimum atomic E-state index is 0.465. The summed E-state index contributed by atoms with van der Waals surface area (Å²) in [6.07, 6.45) is 2.54. The van der Waals surface area contributed by atoms with E-state index in [9.17, 15) is 0 Å². The summed E-state index contributed by atoms with van der Waals surface area (Å²) in [4.78, 5) is 2.72. The maximum absolute atomic E-state index is 3.61. The van der Waals surface area contributed by atoms with Gasteiger partial charge in [-0.3, -0.25) is 4.90 Å². The molecule has 0 aromatic rings. The minimum Gasteiger partial charge on any atom is -0.315 e. The second-order valence-electron chi connectivity index (χ2n) is 6.41. The monoisotopic (exact) mass is 272 g/mol. The molecule has 1 N–H and O–H groups in total. The van der Waals surface area contributed by atoms with Crippen LogP contribution >= 0.6 is 11.8 Å². The molecule has 108 valence electrons. The van der Waals surface area contributed by atoms with Crippen LogP contribution in [0.25, 0.3) is 0 Å². The molecule has 0 bridgehead atoms. The summed E-state index contributed by atoms with van der Waals surface area (Å²) in [7, 11) is 0. The van der Waals surface area contributed by atoms with Gasteiger partial charge in [0.2, 0.25) is 0 Å². The average Bonchev–Trinajstić information content (AvgIpc) is 2.46. The van der Waals surface area contributed by atoms with E-state index in [1.807, 2.05) is 0 Å². The minimum absolute atomic E-state index is 0.465. The van der Waals surface area contributed by atoms with E-state index in [1.54, 1.807) is 0 Å². The molecule has 0 radical (unpaired) electrons. The molecule has 1 rings (SSSR count). The van der Waals surface area contributed by atoms with Gasteiger partial charge in [0.15, 0.2) is 0 Å². The molecule has 1 atom stereocenters. The molecule has 1 fully saturated rings. The summed E-state index contributed by atoms with van der Waals surface area (Å²) in [5.41, 5.74) is 0. The SMILES string of the molecule is CCCNCC(C(C)C)N1CCSC(C)(C)CC1. The molecule has 1 saturated heterocycles. The zero-order chi connectivity index (χ0) is 13.6. The Kier molecular flexibility index (Phi) is 7.04. The van der Waals surface area contributed by atoms with Crippen molar-refractivity contribution in [3.05, 3.63) is 0 Å². The summed E-state index contributed by atoms with van der Waals surface area (Å²) in [5, 5.41) is 3.61. The molecule has 0 aromatic heterocycles. The van der Waals surface area contributed by atoms with Crippen LogP contribution in [0, 0.1) is 5.92 Å². The van der Waals surface area contributed by atoms with Crippen LogP contribution in [-0.4, -0.2) is 47.6 Å². The van der Waals surface area contributed by atoms with Gasteiger partial charge in [-0.25, -0.2) is 0 Å². The summed E-state index contributed by atoms with van der Waals surface area (Å²) in [6.45, 7) is 16.6. The fourth-order valence-corrected chi connectivity index (χ4v) is 3.69. The van der Waals surface area contributed by atoms with Crippen molar-refractivity contribution in [2.24, 2.45) is 5.92 Å². The van der Waals surface area contributed by atoms with Gasteiger partial charge in [0.05, 0.1) is 0 Å². The topological polar surface area (TPSA) is 15.3 Å². The highest BCUT2D eigenvalue weighted by molar-refractivity contribution is 8.00. The van der Waals surface area contributed by atoms with Crippen LogP contribution in [0.2, 0.25) is 0 Å². The van der Waals surface area contributed by atoms with E-state index in [2.05, 4.69) is 56.6 Å². The van der Waals surface area contributed by atoms with Crippen molar-refractivity contribution in [2.75, 3.05) is 31.9 Å². The van der Waals surface area contributed by atoms with E-state index in [4.69, 9.17) is 0 Å². The highest BCUT2D eigenvalue weighted by Gasteiger charge is 2.28. The molecule has 1 heterocycles. The molecular formula is C15H32N2S. The lowest BCUT2D eigenvalue weighted by Crippen LogP contribution is -2.47. The normalized spacial score (nSPS) is 23.0. The van der Waals surface area contributed by atoms with Crippen molar-refractivity contribution in [1.29, 1.82) is 0 Å². The van der Waals surface area contributed by atoms with Crippen LogP contribution in [0.1, 0.15) is 47.5 Å². The van der Waals surface area contributed by atoms with Gasteiger partial charge >= 0.3 is 0 Å². The Morgan fingerprint density at radius 1 is 1.28 bits per heavy atom. The zero-order valence-corrected chi connectivity index (χ0v) is 13.8. The molecular weight excluding hydrogens is 240 g/mol. The Bertz CT molecular complexity index is 229. The molecule has 2 nitrogen and oxygen atoms in total. The summed E-state index contributed by atoms with van der Waals surface area (Å²) >= 11 is 2.14. The predicted octanol–water partition coefficient (Wildman–Crippen LogP) is 3.23. The third-order valence-electron chi connectivity index (χ3n) is 3.89. The first-order chi connectivity index (χ1) is 8.46. The van der Waals surface area contributed by atoms with Crippen LogP contribution in [0.15, 0.2) is 0 Å². The van der Waals surface area contributed by atoms with Crippen molar-refractivity contribution in [2.45, 2.75) is 58.2 Å². The van der Waals surface area contributed by atoms with E-state index in [0.29, 0.717) is 10.8 Å². The Morgan fingerprint density at radius 2 is 2.00 bits per heavy atom. The third-order valence-corrected chi connectivity index (χ3v) is 5.26. The van der Waals surface area contributed by atoms with Crippen LogP contribution in [-0.2, 0) is 0 Å². The number of hydrogen-bond acceptors (Lipinski definition) is 3. The lowest BCUT2D eigenvalue weighted by Gasteiger charge is -2.34. The van der Waals surface area contributed by atoms with Gasteiger partial charge < -0.3 is 5.32 Å². The highest BCUT2D eigenvalue weighted by Crippen LogP contribution is 2.31. The third kappa shape index (κ3) is 5.50. The van der Waals surface area contributed by atoms with Gasteiger partial charge in [-0.2, -0.15) is 11.8 Å². The number of thioether (sulfide) groups is 1. The first-order valence-corrected chi connectivity index (χ1v) is 8.53. The smallest absolute Gasteiger partial charge is 0.0243 e. The van der Waals surface area contributed by atoms with Crippen molar-refractivity contribution in [3.8, 4) is 0 Å². The maximum Gasteiger partial charge on any atom is 0.0243 e. The summed E-state index contributed by atoms with van der Waals surface area (Å²) in [5.74, 6) is 2.02. The van der Waals surface area contributed by atoms with Crippen molar-refractivity contribution < 1.29 is 0 Å². The van der Waals surface area contributed by atoms with E-state index in [-0.39, 0.29) is 0 Å². The second kappa shape index (κ2) is 7.76. The van der Waals surface area contributed by atoms with E-state index in [1.165, 1.54) is 31.7 Å². The average molecular weight is 273 g/mol. The molecule has 1 unspecified atom stereocenters. The van der Waals surface area contributed by atoms with Crippen LogP contribution < -0.4 is 5.32 Å². The Morgan fingerprint density at radius 3 is 2.61 bits per heavy atom. The zero-order valence-electron chi connectivity index (χ0n) is 13.0. The van der Waals surface area contributed by atoms with Crippen molar-refractivity contribution >= 4 is 11.8 Å². The molecule has 0 aliphatic carbocycles. The Labute approximate surface area is 118 Å². The molecule has 0 aromatic carbocycles. The maximum atomic E-state index is 3.61. The predicted molar refractivity (Wildman–Crippen MR) is 84.5 cm³/mol. The van der Waals surface area contributed by atoms with E-state index >= 15 is 0 Å². The highest BCUT2D eigenvalue weighted by atomic mass is 32.2. The molecule has 0 saturated carbocycles. The number of rotatable bonds is 6. The fourth-order valence-electron chi connectivity index (χ4n) is 2.58. The molecule has 0 amide bonds. The first kappa shape index (κ1) is 16.3. The molecule has 1 aliphatic heterocycles. The standard InChI is InChI=1S/C15H32N2S/c1-6-8-16-12-14(13(2)3)17-9-7-15(4,5)18-11-10-17/h13-14,16H,6-12H2,1-5H3. The molecule has 3 heteroatoms. The van der Waals surface area contributed by atoms with Gasteiger partial charge in [0.1, 0.15) is 0 Å². The van der Waals surface area contributed by atoms with Crippen LogP contribution in [0.4, 0.5) is 0 Å². The van der Waals surface area contributed by atoms with Gasteiger partial charge in [-0.1, -0.05) is 34.6 Å². The number of nitrogens with one attached hydrogen (secondary N) is 1.